The van der Waals surface area contributed by atoms with Gasteiger partial charge in [-0.3, -0.25) is 0 Å². The number of aliphatic hydroxyl groups is 1. The number of guanidine groups is 1. The molecule has 0 saturated heterocycles. The summed E-state index contributed by atoms with van der Waals surface area (Å²) in [5.41, 5.74) is 1.26. The summed E-state index contributed by atoms with van der Waals surface area (Å²) in [7, 11) is 0. The van der Waals surface area contributed by atoms with Crippen molar-refractivity contribution in [3.8, 4) is 0 Å². The molecule has 0 spiro atoms. The number of hydrogen-bond acceptors (Lipinski definition) is 2. The fourth-order valence-corrected chi connectivity index (χ4v) is 2.47. The number of aliphatic hydroxyl groups excluding tert-OH is 1. The highest BCUT2D eigenvalue weighted by Gasteiger charge is 2.13. The van der Waals surface area contributed by atoms with Crippen LogP contribution in [0.1, 0.15) is 36.6 Å². The molecule has 0 radical (unpaired) electrons. The molecule has 2 rings (SSSR count). The molecular formula is C19H22F3N3O. The normalized spacial score (nSPS) is 12.8. The van der Waals surface area contributed by atoms with Crippen LogP contribution in [-0.2, 0) is 13.2 Å². The second-order valence-electron chi connectivity index (χ2n) is 5.81. The molecule has 1 unspecified atom stereocenters. The molecule has 0 bridgehead atoms. The Bertz CT molecular complexity index is 781. The van der Waals surface area contributed by atoms with E-state index in [2.05, 4.69) is 15.6 Å². The van der Waals surface area contributed by atoms with Crippen molar-refractivity contribution >= 4 is 5.96 Å². The number of benzene rings is 2. The first kappa shape index (κ1) is 19.8. The van der Waals surface area contributed by atoms with Gasteiger partial charge in [-0.15, -0.1) is 0 Å². The summed E-state index contributed by atoms with van der Waals surface area (Å²) in [5, 5.41) is 15.2. The van der Waals surface area contributed by atoms with Gasteiger partial charge in [-0.05, 0) is 37.6 Å². The van der Waals surface area contributed by atoms with E-state index in [0.717, 1.165) is 11.6 Å². The summed E-state index contributed by atoms with van der Waals surface area (Å²) in [6.07, 6.45) is 0. The minimum atomic E-state index is -0.632. The molecule has 0 aromatic heterocycles. The summed E-state index contributed by atoms with van der Waals surface area (Å²) in [4.78, 5) is 4.40. The Hall–Kier alpha value is -2.54. The van der Waals surface area contributed by atoms with Gasteiger partial charge in [0.05, 0.1) is 19.2 Å². The van der Waals surface area contributed by atoms with Crippen LogP contribution in [0.15, 0.2) is 41.4 Å². The van der Waals surface area contributed by atoms with Crippen LogP contribution in [-0.4, -0.2) is 17.6 Å². The van der Waals surface area contributed by atoms with Gasteiger partial charge in [0.1, 0.15) is 17.5 Å². The van der Waals surface area contributed by atoms with Crippen molar-refractivity contribution in [1.29, 1.82) is 0 Å². The quantitative estimate of drug-likeness (QED) is 0.543. The first-order chi connectivity index (χ1) is 12.4. The highest BCUT2D eigenvalue weighted by atomic mass is 19.1. The lowest BCUT2D eigenvalue weighted by Gasteiger charge is -2.19. The molecule has 0 amide bonds. The van der Waals surface area contributed by atoms with Crippen LogP contribution in [0.4, 0.5) is 13.2 Å². The van der Waals surface area contributed by atoms with Crippen molar-refractivity contribution in [3.63, 3.8) is 0 Å². The van der Waals surface area contributed by atoms with Crippen molar-refractivity contribution in [2.45, 2.75) is 33.0 Å². The zero-order chi connectivity index (χ0) is 19.1. The standard InChI is InChI=1S/C19H22F3N3O/c1-3-23-19(24-10-13-4-7-17(21)14(8-13)11-26)25-12(2)16-6-5-15(20)9-18(16)22/h4-9,12,26H,3,10-11H2,1-2H3,(H2,23,24,25). The van der Waals surface area contributed by atoms with Crippen LogP contribution in [0.3, 0.4) is 0 Å². The van der Waals surface area contributed by atoms with Crippen LogP contribution in [0.25, 0.3) is 0 Å². The van der Waals surface area contributed by atoms with Crippen LogP contribution in [0.2, 0.25) is 0 Å². The molecule has 3 N–H and O–H groups in total. The summed E-state index contributed by atoms with van der Waals surface area (Å²) in [5.74, 6) is -1.29. The molecular weight excluding hydrogens is 343 g/mol. The number of nitrogens with one attached hydrogen (secondary N) is 2. The lowest BCUT2D eigenvalue weighted by Crippen LogP contribution is -2.39. The highest BCUT2D eigenvalue weighted by molar-refractivity contribution is 5.80. The first-order valence-corrected chi connectivity index (χ1v) is 8.32. The predicted octanol–water partition coefficient (Wildman–Crippen LogP) is 3.41. The molecule has 0 aliphatic heterocycles. The largest absolute Gasteiger partial charge is 0.392 e. The molecule has 4 nitrogen and oxygen atoms in total. The molecule has 0 aliphatic rings. The van der Waals surface area contributed by atoms with Gasteiger partial charge < -0.3 is 15.7 Å². The monoisotopic (exact) mass is 365 g/mol. The van der Waals surface area contributed by atoms with Crippen LogP contribution in [0, 0.1) is 17.5 Å². The minimum absolute atomic E-state index is 0.206. The van der Waals surface area contributed by atoms with Gasteiger partial charge in [-0.25, -0.2) is 18.2 Å². The molecule has 7 heteroatoms. The van der Waals surface area contributed by atoms with E-state index in [9.17, 15) is 13.2 Å². The third-order valence-corrected chi connectivity index (χ3v) is 3.83. The van der Waals surface area contributed by atoms with Crippen molar-refractivity contribution in [3.05, 3.63) is 70.5 Å². The Labute approximate surface area is 150 Å². The second-order valence-corrected chi connectivity index (χ2v) is 5.81. The SMILES string of the molecule is CCNC(=NCc1ccc(F)c(CO)c1)NC(C)c1ccc(F)cc1F. The fraction of sp³-hybridized carbons (Fsp3) is 0.316. The molecule has 140 valence electrons. The van der Waals surface area contributed by atoms with E-state index >= 15 is 0 Å². The summed E-state index contributed by atoms with van der Waals surface area (Å²) in [6, 6.07) is 7.42. The minimum Gasteiger partial charge on any atom is -0.392 e. The zero-order valence-electron chi connectivity index (χ0n) is 14.7. The van der Waals surface area contributed by atoms with Crippen molar-refractivity contribution < 1.29 is 18.3 Å². The molecule has 0 heterocycles. The maximum atomic E-state index is 13.9. The maximum Gasteiger partial charge on any atom is 0.192 e. The number of aliphatic imine (C=N–C) groups is 1. The average Bonchev–Trinajstić information content (AvgIpc) is 2.60. The van der Waals surface area contributed by atoms with Crippen molar-refractivity contribution in [1.82, 2.24) is 10.6 Å². The Morgan fingerprint density at radius 3 is 2.54 bits per heavy atom. The number of nitrogens with zero attached hydrogens (tertiary/aromatic N) is 1. The van der Waals surface area contributed by atoms with Crippen molar-refractivity contribution in [2.75, 3.05) is 6.54 Å². The first-order valence-electron chi connectivity index (χ1n) is 8.32. The molecule has 1 atom stereocenters. The van der Waals surface area contributed by atoms with Crippen molar-refractivity contribution in [2.24, 2.45) is 4.99 Å². The molecule has 0 saturated carbocycles. The van der Waals surface area contributed by atoms with E-state index in [4.69, 9.17) is 5.11 Å². The van der Waals surface area contributed by atoms with E-state index in [-0.39, 0.29) is 18.7 Å². The van der Waals surface area contributed by atoms with Gasteiger partial charge in [0.15, 0.2) is 5.96 Å². The van der Waals surface area contributed by atoms with Gasteiger partial charge in [-0.2, -0.15) is 0 Å². The van der Waals surface area contributed by atoms with Gasteiger partial charge in [0.2, 0.25) is 0 Å². The Morgan fingerprint density at radius 2 is 1.88 bits per heavy atom. The number of rotatable bonds is 6. The number of hydrogen-bond donors (Lipinski definition) is 3. The topological polar surface area (TPSA) is 56.7 Å². The second kappa shape index (κ2) is 9.24. The van der Waals surface area contributed by atoms with E-state index in [0.29, 0.717) is 18.1 Å². The predicted molar refractivity (Wildman–Crippen MR) is 95.0 cm³/mol. The lowest BCUT2D eigenvalue weighted by molar-refractivity contribution is 0.275. The molecule has 26 heavy (non-hydrogen) atoms. The van der Waals surface area contributed by atoms with E-state index in [1.165, 1.54) is 18.2 Å². The highest BCUT2D eigenvalue weighted by Crippen LogP contribution is 2.17. The number of halogens is 3. The zero-order valence-corrected chi connectivity index (χ0v) is 14.7. The molecule has 0 fully saturated rings. The average molecular weight is 365 g/mol. The van der Waals surface area contributed by atoms with Gasteiger partial charge in [0, 0.05) is 23.7 Å². The Kier molecular flexibility index (Phi) is 7.03. The maximum absolute atomic E-state index is 13.9. The lowest BCUT2D eigenvalue weighted by atomic mass is 10.1. The van der Waals surface area contributed by atoms with Gasteiger partial charge in [-0.1, -0.05) is 12.1 Å². The Morgan fingerprint density at radius 1 is 1.12 bits per heavy atom. The molecule has 0 aliphatic carbocycles. The third kappa shape index (κ3) is 5.23. The van der Waals surface area contributed by atoms with Gasteiger partial charge in [0.25, 0.3) is 0 Å². The van der Waals surface area contributed by atoms with E-state index < -0.39 is 23.5 Å². The molecule has 2 aromatic rings. The van der Waals surface area contributed by atoms with E-state index in [1.54, 1.807) is 19.1 Å². The summed E-state index contributed by atoms with van der Waals surface area (Å²) < 4.78 is 40.4. The van der Waals surface area contributed by atoms with E-state index in [1.807, 2.05) is 6.92 Å². The van der Waals surface area contributed by atoms with Crippen LogP contribution < -0.4 is 10.6 Å². The van der Waals surface area contributed by atoms with Crippen LogP contribution in [0.5, 0.6) is 0 Å². The molecule has 2 aromatic carbocycles. The summed E-state index contributed by atoms with van der Waals surface area (Å²) in [6.45, 7) is 4.09. The Balaban J connectivity index is 2.13. The smallest absolute Gasteiger partial charge is 0.192 e. The fourth-order valence-electron chi connectivity index (χ4n) is 2.47. The third-order valence-electron chi connectivity index (χ3n) is 3.83. The van der Waals surface area contributed by atoms with Crippen LogP contribution >= 0.6 is 0 Å². The van der Waals surface area contributed by atoms with Gasteiger partial charge >= 0.3 is 0 Å². The summed E-state index contributed by atoms with van der Waals surface area (Å²) >= 11 is 0.